The van der Waals surface area contributed by atoms with Crippen LogP contribution in [0.3, 0.4) is 0 Å². The van der Waals surface area contributed by atoms with Crippen LogP contribution in [0.4, 0.5) is 5.69 Å². The average molecular weight is 357 g/mol. The summed E-state index contributed by atoms with van der Waals surface area (Å²) in [6.07, 6.45) is 3.82. The van der Waals surface area contributed by atoms with E-state index in [9.17, 15) is 0 Å². The summed E-state index contributed by atoms with van der Waals surface area (Å²) in [6, 6.07) is 12.0. The van der Waals surface area contributed by atoms with E-state index in [2.05, 4.69) is 32.0 Å². The smallest absolute Gasteiger partial charge is 0.175 e. The van der Waals surface area contributed by atoms with Crippen molar-refractivity contribution in [3.8, 4) is 11.5 Å². The molecule has 0 aliphatic carbocycles. The molecule has 110 valence electrons. The Morgan fingerprint density at radius 2 is 2.00 bits per heavy atom. The van der Waals surface area contributed by atoms with Crippen LogP contribution in [0.1, 0.15) is 5.56 Å². The van der Waals surface area contributed by atoms with E-state index in [0.29, 0.717) is 13.2 Å². The van der Waals surface area contributed by atoms with E-state index in [1.807, 2.05) is 42.7 Å². The van der Waals surface area contributed by atoms with E-state index < -0.39 is 0 Å². The Labute approximate surface area is 135 Å². The highest BCUT2D eigenvalue weighted by Gasteiger charge is 2.16. The average Bonchev–Trinajstić information content (AvgIpc) is 2.96. The molecular weight excluding hydrogens is 344 g/mol. The zero-order chi connectivity index (χ0) is 14.9. The number of halogens is 1. The summed E-state index contributed by atoms with van der Waals surface area (Å²) in [4.78, 5) is 7.80. The first kappa shape index (κ1) is 13.4. The number of nitrogens with one attached hydrogen (secondary N) is 1. The van der Waals surface area contributed by atoms with Crippen molar-refractivity contribution in [2.45, 2.75) is 0 Å². The molecule has 1 aliphatic rings. The zero-order valence-electron chi connectivity index (χ0n) is 11.7. The van der Waals surface area contributed by atoms with Crippen LogP contribution in [0.15, 0.2) is 52.1 Å². The maximum Gasteiger partial charge on any atom is 0.175 e. The first-order valence-corrected chi connectivity index (χ1v) is 7.80. The maximum atomic E-state index is 5.62. The Kier molecular flexibility index (Phi) is 3.35. The summed E-state index contributed by atoms with van der Waals surface area (Å²) in [5.74, 6) is 1.48. The van der Waals surface area contributed by atoms with Gasteiger partial charge in [0.05, 0.1) is 10.2 Å². The molecule has 0 saturated carbocycles. The van der Waals surface area contributed by atoms with Gasteiger partial charge in [-0.3, -0.25) is 4.99 Å². The summed E-state index contributed by atoms with van der Waals surface area (Å²) < 4.78 is 12.1. The lowest BCUT2D eigenvalue weighted by Crippen LogP contribution is -2.15. The molecule has 22 heavy (non-hydrogen) atoms. The largest absolute Gasteiger partial charge is 0.486 e. The highest BCUT2D eigenvalue weighted by molar-refractivity contribution is 9.10. The van der Waals surface area contributed by atoms with E-state index in [4.69, 9.17) is 9.47 Å². The van der Waals surface area contributed by atoms with E-state index in [1.54, 1.807) is 0 Å². The number of aliphatic imine (C=N–C) groups is 1. The van der Waals surface area contributed by atoms with Gasteiger partial charge in [-0.05, 0) is 28.1 Å². The summed E-state index contributed by atoms with van der Waals surface area (Å²) >= 11 is 3.51. The Bertz CT molecular complexity index is 870. The number of hydrogen-bond donors (Lipinski definition) is 1. The number of aromatic nitrogens is 1. The Balaban J connectivity index is 1.70. The molecule has 2 aromatic carbocycles. The van der Waals surface area contributed by atoms with Gasteiger partial charge in [-0.25, -0.2) is 0 Å². The fourth-order valence-corrected chi connectivity index (χ4v) is 3.06. The molecule has 0 spiro atoms. The lowest BCUT2D eigenvalue weighted by atomic mass is 10.2. The zero-order valence-corrected chi connectivity index (χ0v) is 13.3. The molecule has 4 rings (SSSR count). The number of para-hydroxylation sites is 1. The summed E-state index contributed by atoms with van der Waals surface area (Å²) in [6.45, 7) is 1.14. The van der Waals surface area contributed by atoms with Gasteiger partial charge in [-0.2, -0.15) is 0 Å². The molecule has 4 nitrogen and oxygen atoms in total. The first-order valence-electron chi connectivity index (χ1n) is 7.00. The van der Waals surface area contributed by atoms with Crippen molar-refractivity contribution in [3.63, 3.8) is 0 Å². The summed E-state index contributed by atoms with van der Waals surface area (Å²) in [7, 11) is 0. The molecule has 5 heteroatoms. The highest BCUT2D eigenvalue weighted by atomic mass is 79.9. The number of hydrogen-bond acceptors (Lipinski definition) is 3. The van der Waals surface area contributed by atoms with Crippen molar-refractivity contribution in [2.24, 2.45) is 4.99 Å². The fourth-order valence-electron chi connectivity index (χ4n) is 2.52. The molecule has 0 fully saturated rings. The maximum absolute atomic E-state index is 5.62. The predicted octanol–water partition coefficient (Wildman–Crippen LogP) is 4.45. The van der Waals surface area contributed by atoms with E-state index in [0.717, 1.165) is 38.1 Å². The van der Waals surface area contributed by atoms with Gasteiger partial charge >= 0.3 is 0 Å². The third-order valence-corrected chi connectivity index (χ3v) is 4.14. The molecule has 2 heterocycles. The van der Waals surface area contributed by atoms with Gasteiger partial charge in [0.2, 0.25) is 0 Å². The third-order valence-electron chi connectivity index (χ3n) is 3.56. The van der Waals surface area contributed by atoms with E-state index >= 15 is 0 Å². The van der Waals surface area contributed by atoms with Crippen LogP contribution in [-0.2, 0) is 0 Å². The molecular formula is C17H13BrN2O2. The highest BCUT2D eigenvalue weighted by Crippen LogP contribution is 2.40. The number of aromatic amines is 1. The number of ether oxygens (including phenoxy) is 2. The molecule has 3 aromatic rings. The van der Waals surface area contributed by atoms with Crippen LogP contribution >= 0.6 is 15.9 Å². The van der Waals surface area contributed by atoms with Gasteiger partial charge in [0, 0.05) is 34.9 Å². The predicted molar refractivity (Wildman–Crippen MR) is 90.7 cm³/mol. The Morgan fingerprint density at radius 3 is 2.95 bits per heavy atom. The summed E-state index contributed by atoms with van der Waals surface area (Å²) in [5, 5.41) is 1.16. The lowest BCUT2D eigenvalue weighted by molar-refractivity contribution is 0.170. The Morgan fingerprint density at radius 1 is 1.14 bits per heavy atom. The number of nitrogens with zero attached hydrogens (tertiary/aromatic N) is 1. The van der Waals surface area contributed by atoms with E-state index in [-0.39, 0.29) is 0 Å². The molecule has 0 bridgehead atoms. The second kappa shape index (κ2) is 5.50. The number of fused-ring (bicyclic) bond motifs is 2. The molecule has 1 aromatic heterocycles. The van der Waals surface area contributed by atoms with Gasteiger partial charge in [-0.1, -0.05) is 18.2 Å². The van der Waals surface area contributed by atoms with Crippen molar-refractivity contribution in [3.05, 3.63) is 52.6 Å². The summed E-state index contributed by atoms with van der Waals surface area (Å²) in [5.41, 5.74) is 2.98. The van der Waals surface area contributed by atoms with Crippen molar-refractivity contribution in [1.82, 2.24) is 4.98 Å². The van der Waals surface area contributed by atoms with Crippen LogP contribution in [-0.4, -0.2) is 24.4 Å². The van der Waals surface area contributed by atoms with Crippen LogP contribution in [0.5, 0.6) is 11.5 Å². The van der Waals surface area contributed by atoms with Crippen LogP contribution in [0.2, 0.25) is 0 Å². The second-order valence-electron chi connectivity index (χ2n) is 5.00. The van der Waals surface area contributed by atoms with Crippen molar-refractivity contribution >= 4 is 38.7 Å². The van der Waals surface area contributed by atoms with Gasteiger partial charge in [0.15, 0.2) is 11.5 Å². The van der Waals surface area contributed by atoms with Crippen molar-refractivity contribution in [1.29, 1.82) is 0 Å². The molecule has 1 N–H and O–H groups in total. The van der Waals surface area contributed by atoms with Crippen molar-refractivity contribution in [2.75, 3.05) is 13.2 Å². The lowest BCUT2D eigenvalue weighted by Gasteiger charge is -2.19. The molecule has 0 saturated heterocycles. The SMILES string of the molecule is Brc1cc(N=Cc2c[nH]c3ccccc23)cc2c1OCCO2. The monoisotopic (exact) mass is 356 g/mol. The number of rotatable bonds is 2. The normalized spacial score (nSPS) is 13.9. The minimum Gasteiger partial charge on any atom is -0.486 e. The number of benzene rings is 2. The first-order chi connectivity index (χ1) is 10.8. The standard InChI is InChI=1S/C17H13BrN2O2/c18-14-7-12(8-16-17(14)22-6-5-21-16)19-9-11-10-20-15-4-2-1-3-13(11)15/h1-4,7-10,20H,5-6H2. The minimum atomic E-state index is 0.565. The molecule has 0 unspecified atom stereocenters. The van der Waals surface area contributed by atoms with Gasteiger partial charge < -0.3 is 14.5 Å². The third kappa shape index (κ3) is 2.37. The topological polar surface area (TPSA) is 46.6 Å². The Hall–Kier alpha value is -2.27. The molecule has 1 aliphatic heterocycles. The fraction of sp³-hybridized carbons (Fsp3) is 0.118. The quantitative estimate of drug-likeness (QED) is 0.689. The molecule has 0 amide bonds. The van der Waals surface area contributed by atoms with E-state index in [1.165, 1.54) is 0 Å². The van der Waals surface area contributed by atoms with Gasteiger partial charge in [0.1, 0.15) is 13.2 Å². The molecule has 0 atom stereocenters. The van der Waals surface area contributed by atoms with Crippen LogP contribution in [0.25, 0.3) is 10.9 Å². The van der Waals surface area contributed by atoms with Gasteiger partial charge in [0.25, 0.3) is 0 Å². The second-order valence-corrected chi connectivity index (χ2v) is 5.85. The minimum absolute atomic E-state index is 0.565. The molecule has 0 radical (unpaired) electrons. The van der Waals surface area contributed by atoms with Crippen molar-refractivity contribution < 1.29 is 9.47 Å². The number of H-pyrrole nitrogens is 1. The van der Waals surface area contributed by atoms with Gasteiger partial charge in [-0.15, -0.1) is 0 Å². The van der Waals surface area contributed by atoms with Crippen LogP contribution in [0, 0.1) is 0 Å². The van der Waals surface area contributed by atoms with Crippen LogP contribution < -0.4 is 9.47 Å².